The van der Waals surface area contributed by atoms with Gasteiger partial charge in [0.05, 0.1) is 0 Å². The zero-order valence-electron chi connectivity index (χ0n) is 13.9. The van der Waals surface area contributed by atoms with Crippen LogP contribution in [0, 0.1) is 5.92 Å². The van der Waals surface area contributed by atoms with Crippen molar-refractivity contribution in [2.24, 2.45) is 5.92 Å². The summed E-state index contributed by atoms with van der Waals surface area (Å²) in [6.45, 7) is 3.06. The van der Waals surface area contributed by atoms with Crippen LogP contribution in [0.5, 0.6) is 0 Å². The van der Waals surface area contributed by atoms with E-state index in [1.165, 1.54) is 32.1 Å². The SMILES string of the molecule is CC(=O)N1CCc2cc(C(=O)NCCCC3CCCC3)ccc21. The van der Waals surface area contributed by atoms with Crippen LogP contribution in [0.1, 0.15) is 61.4 Å². The van der Waals surface area contributed by atoms with Crippen molar-refractivity contribution in [1.82, 2.24) is 5.32 Å². The summed E-state index contributed by atoms with van der Waals surface area (Å²) in [6, 6.07) is 5.66. The van der Waals surface area contributed by atoms with Crippen LogP contribution in [0.2, 0.25) is 0 Å². The lowest BCUT2D eigenvalue weighted by Crippen LogP contribution is -2.26. The van der Waals surface area contributed by atoms with Gasteiger partial charge in [-0.05, 0) is 48.9 Å². The van der Waals surface area contributed by atoms with Crippen LogP contribution in [-0.4, -0.2) is 24.9 Å². The zero-order chi connectivity index (χ0) is 16.2. The highest BCUT2D eigenvalue weighted by Crippen LogP contribution is 2.29. The first-order chi connectivity index (χ1) is 11.1. The monoisotopic (exact) mass is 314 g/mol. The Morgan fingerprint density at radius 2 is 2.04 bits per heavy atom. The molecule has 2 aliphatic rings. The van der Waals surface area contributed by atoms with Crippen molar-refractivity contribution in [2.75, 3.05) is 18.0 Å². The Morgan fingerprint density at radius 1 is 1.26 bits per heavy atom. The molecule has 0 radical (unpaired) electrons. The number of hydrogen-bond acceptors (Lipinski definition) is 2. The molecule has 1 fully saturated rings. The lowest BCUT2D eigenvalue weighted by molar-refractivity contribution is -0.116. The molecule has 2 amide bonds. The molecule has 1 aromatic carbocycles. The van der Waals surface area contributed by atoms with Crippen LogP contribution in [-0.2, 0) is 11.2 Å². The molecular weight excluding hydrogens is 288 g/mol. The number of rotatable bonds is 5. The van der Waals surface area contributed by atoms with Gasteiger partial charge < -0.3 is 10.2 Å². The van der Waals surface area contributed by atoms with Crippen molar-refractivity contribution in [3.05, 3.63) is 29.3 Å². The second-order valence-electron chi connectivity index (χ2n) is 6.81. The Morgan fingerprint density at radius 3 is 2.78 bits per heavy atom. The van der Waals surface area contributed by atoms with Crippen LogP contribution >= 0.6 is 0 Å². The minimum Gasteiger partial charge on any atom is -0.352 e. The van der Waals surface area contributed by atoms with Crippen LogP contribution in [0.4, 0.5) is 5.69 Å². The van der Waals surface area contributed by atoms with E-state index in [0.29, 0.717) is 5.56 Å². The smallest absolute Gasteiger partial charge is 0.251 e. The summed E-state index contributed by atoms with van der Waals surface area (Å²) < 4.78 is 0. The number of hydrogen-bond donors (Lipinski definition) is 1. The summed E-state index contributed by atoms with van der Waals surface area (Å²) in [5, 5.41) is 3.03. The van der Waals surface area contributed by atoms with Crippen LogP contribution in [0.15, 0.2) is 18.2 Å². The van der Waals surface area contributed by atoms with Gasteiger partial charge in [0.15, 0.2) is 0 Å². The van der Waals surface area contributed by atoms with Crippen molar-refractivity contribution in [2.45, 2.75) is 51.9 Å². The number of carbonyl (C=O) groups is 2. The van der Waals surface area contributed by atoms with E-state index >= 15 is 0 Å². The van der Waals surface area contributed by atoms with Gasteiger partial charge in [0, 0.05) is 31.3 Å². The Bertz CT molecular complexity index is 591. The summed E-state index contributed by atoms with van der Waals surface area (Å²) in [5.41, 5.74) is 2.75. The predicted octanol–water partition coefficient (Wildman–Crippen LogP) is 3.30. The lowest BCUT2D eigenvalue weighted by atomic mass is 10.0. The second-order valence-corrected chi connectivity index (χ2v) is 6.81. The third-order valence-electron chi connectivity index (χ3n) is 5.17. The van der Waals surface area contributed by atoms with Crippen molar-refractivity contribution in [3.63, 3.8) is 0 Å². The van der Waals surface area contributed by atoms with Crippen molar-refractivity contribution in [3.8, 4) is 0 Å². The first-order valence-corrected chi connectivity index (χ1v) is 8.84. The Hall–Kier alpha value is -1.84. The zero-order valence-corrected chi connectivity index (χ0v) is 13.9. The van der Waals surface area contributed by atoms with Crippen LogP contribution < -0.4 is 10.2 Å². The molecule has 0 aromatic heterocycles. The van der Waals surface area contributed by atoms with E-state index in [-0.39, 0.29) is 11.8 Å². The fourth-order valence-electron chi connectivity index (χ4n) is 3.86. The molecule has 0 unspecified atom stereocenters. The van der Waals surface area contributed by atoms with E-state index in [2.05, 4.69) is 5.32 Å². The van der Waals surface area contributed by atoms with E-state index in [4.69, 9.17) is 0 Å². The number of nitrogens with zero attached hydrogens (tertiary/aromatic N) is 1. The predicted molar refractivity (Wildman–Crippen MR) is 91.7 cm³/mol. The standard InChI is InChI=1S/C19H26N2O2/c1-14(22)21-12-10-16-13-17(8-9-18(16)21)19(23)20-11-4-7-15-5-2-3-6-15/h8-9,13,15H,2-7,10-12H2,1H3,(H,20,23). The highest BCUT2D eigenvalue weighted by Gasteiger charge is 2.23. The van der Waals surface area contributed by atoms with Gasteiger partial charge in [0.1, 0.15) is 0 Å². The maximum Gasteiger partial charge on any atom is 0.251 e. The maximum absolute atomic E-state index is 12.3. The minimum atomic E-state index is 0.000460. The molecule has 4 heteroatoms. The first-order valence-electron chi connectivity index (χ1n) is 8.84. The molecule has 0 saturated heterocycles. The van der Waals surface area contributed by atoms with Gasteiger partial charge >= 0.3 is 0 Å². The third kappa shape index (κ3) is 3.74. The average molecular weight is 314 g/mol. The quantitative estimate of drug-likeness (QED) is 0.848. The third-order valence-corrected chi connectivity index (χ3v) is 5.17. The number of fused-ring (bicyclic) bond motifs is 1. The lowest BCUT2D eigenvalue weighted by Gasteiger charge is -2.15. The van der Waals surface area contributed by atoms with Crippen LogP contribution in [0.25, 0.3) is 0 Å². The summed E-state index contributed by atoms with van der Waals surface area (Å²) in [6.07, 6.45) is 8.62. The molecule has 1 aromatic rings. The largest absolute Gasteiger partial charge is 0.352 e. The van der Waals surface area contributed by atoms with Gasteiger partial charge in [-0.2, -0.15) is 0 Å². The molecule has 23 heavy (non-hydrogen) atoms. The molecule has 1 aliphatic carbocycles. The molecule has 0 bridgehead atoms. The van der Waals surface area contributed by atoms with Gasteiger partial charge in [-0.15, -0.1) is 0 Å². The molecule has 1 saturated carbocycles. The van der Waals surface area contributed by atoms with Crippen molar-refractivity contribution >= 4 is 17.5 Å². The molecule has 1 heterocycles. The second kappa shape index (κ2) is 7.16. The van der Waals surface area contributed by atoms with Gasteiger partial charge in [-0.3, -0.25) is 9.59 Å². The number of benzene rings is 1. The average Bonchev–Trinajstić information content (AvgIpc) is 3.19. The van der Waals surface area contributed by atoms with Gasteiger partial charge in [0.25, 0.3) is 5.91 Å². The molecule has 1 aliphatic heterocycles. The number of nitrogens with one attached hydrogen (secondary N) is 1. The highest BCUT2D eigenvalue weighted by molar-refractivity contribution is 5.97. The molecular formula is C19H26N2O2. The topological polar surface area (TPSA) is 49.4 Å². The summed E-state index contributed by atoms with van der Waals surface area (Å²) in [5.74, 6) is 0.942. The highest BCUT2D eigenvalue weighted by atomic mass is 16.2. The first kappa shape index (κ1) is 16.0. The van der Waals surface area contributed by atoms with Gasteiger partial charge in [-0.1, -0.05) is 25.7 Å². The molecule has 4 nitrogen and oxygen atoms in total. The van der Waals surface area contributed by atoms with Crippen molar-refractivity contribution < 1.29 is 9.59 Å². The van der Waals surface area contributed by atoms with E-state index in [0.717, 1.165) is 43.1 Å². The normalized spacial score (nSPS) is 17.3. The Kier molecular flexibility index (Phi) is 4.99. The number of amides is 2. The number of anilines is 1. The van der Waals surface area contributed by atoms with Gasteiger partial charge in [0.2, 0.25) is 5.91 Å². The Balaban J connectivity index is 1.51. The van der Waals surface area contributed by atoms with E-state index in [1.807, 2.05) is 18.2 Å². The summed E-state index contributed by atoms with van der Waals surface area (Å²) in [4.78, 5) is 25.6. The maximum atomic E-state index is 12.3. The van der Waals surface area contributed by atoms with E-state index in [9.17, 15) is 9.59 Å². The summed E-state index contributed by atoms with van der Waals surface area (Å²) >= 11 is 0. The fraction of sp³-hybridized carbons (Fsp3) is 0.579. The van der Waals surface area contributed by atoms with E-state index < -0.39 is 0 Å². The molecule has 0 spiro atoms. The molecule has 0 atom stereocenters. The number of carbonyl (C=O) groups excluding carboxylic acids is 2. The van der Waals surface area contributed by atoms with Crippen LogP contribution in [0.3, 0.4) is 0 Å². The van der Waals surface area contributed by atoms with Gasteiger partial charge in [-0.25, -0.2) is 0 Å². The minimum absolute atomic E-state index is 0.000460. The molecule has 1 N–H and O–H groups in total. The molecule has 3 rings (SSSR count). The fourth-order valence-corrected chi connectivity index (χ4v) is 3.86. The summed E-state index contributed by atoms with van der Waals surface area (Å²) in [7, 11) is 0. The molecule has 124 valence electrons. The Labute approximate surface area is 138 Å². The van der Waals surface area contributed by atoms with E-state index in [1.54, 1.807) is 11.8 Å². The van der Waals surface area contributed by atoms with Crippen molar-refractivity contribution in [1.29, 1.82) is 0 Å².